The molecule has 0 aromatic heterocycles. The normalized spacial score (nSPS) is 22.2. The molecule has 0 radical (unpaired) electrons. The quantitative estimate of drug-likeness (QED) is 0.793. The molecule has 1 heterocycles. The zero-order valence-corrected chi connectivity index (χ0v) is 12.8. The maximum Gasteiger partial charge on any atom is 0.0648 e. The van der Waals surface area contributed by atoms with E-state index < -0.39 is 0 Å². The predicted molar refractivity (Wildman–Crippen MR) is 75.9 cm³/mol. The third-order valence-electron chi connectivity index (χ3n) is 3.35. The third-order valence-corrected chi connectivity index (χ3v) is 3.35. The van der Waals surface area contributed by atoms with Crippen molar-refractivity contribution in [3.8, 4) is 0 Å². The van der Waals surface area contributed by atoms with Crippen molar-refractivity contribution in [3.05, 3.63) is 0 Å². The lowest BCUT2D eigenvalue weighted by Gasteiger charge is -2.31. The van der Waals surface area contributed by atoms with Crippen LogP contribution >= 0.6 is 0 Å². The van der Waals surface area contributed by atoms with Gasteiger partial charge in [-0.3, -0.25) is 0 Å². The van der Waals surface area contributed by atoms with Gasteiger partial charge >= 0.3 is 0 Å². The van der Waals surface area contributed by atoms with E-state index in [1.54, 1.807) is 0 Å². The molecule has 1 N–H and O–H groups in total. The first kappa shape index (κ1) is 15.9. The van der Waals surface area contributed by atoms with Gasteiger partial charge in [0.1, 0.15) is 0 Å². The fourth-order valence-electron chi connectivity index (χ4n) is 2.08. The van der Waals surface area contributed by atoms with Gasteiger partial charge in [0.15, 0.2) is 0 Å². The van der Waals surface area contributed by atoms with Crippen LogP contribution in [0.3, 0.4) is 0 Å². The second-order valence-electron chi connectivity index (χ2n) is 6.99. The Morgan fingerprint density at radius 3 is 2.39 bits per heavy atom. The van der Waals surface area contributed by atoms with Crippen LogP contribution in [0.1, 0.15) is 53.9 Å². The lowest BCUT2D eigenvalue weighted by molar-refractivity contribution is -0.0767. The molecule has 0 saturated carbocycles. The Balaban J connectivity index is 2.17. The van der Waals surface area contributed by atoms with Crippen molar-refractivity contribution in [1.82, 2.24) is 5.32 Å². The van der Waals surface area contributed by atoms with E-state index in [0.717, 1.165) is 26.2 Å². The number of hydrogen-bond acceptors (Lipinski definition) is 3. The van der Waals surface area contributed by atoms with E-state index in [1.807, 2.05) is 0 Å². The molecule has 3 heteroatoms. The summed E-state index contributed by atoms with van der Waals surface area (Å²) in [5.74, 6) is 0.682. The molecule has 1 saturated heterocycles. The summed E-state index contributed by atoms with van der Waals surface area (Å²) in [6, 6.07) is 0. The van der Waals surface area contributed by atoms with Crippen molar-refractivity contribution in [2.75, 3.05) is 26.3 Å². The first-order valence-electron chi connectivity index (χ1n) is 7.27. The molecule has 3 nitrogen and oxygen atoms in total. The summed E-state index contributed by atoms with van der Waals surface area (Å²) in [6.07, 6.45) is 3.52. The summed E-state index contributed by atoms with van der Waals surface area (Å²) < 4.78 is 11.8. The monoisotopic (exact) mass is 257 g/mol. The largest absolute Gasteiger partial charge is 0.376 e. The van der Waals surface area contributed by atoms with Crippen molar-refractivity contribution >= 4 is 0 Å². The van der Waals surface area contributed by atoms with Crippen molar-refractivity contribution < 1.29 is 9.47 Å². The molecule has 18 heavy (non-hydrogen) atoms. The topological polar surface area (TPSA) is 30.5 Å². The predicted octanol–water partition coefficient (Wildman–Crippen LogP) is 2.99. The van der Waals surface area contributed by atoms with Gasteiger partial charge in [-0.1, -0.05) is 0 Å². The number of ether oxygens (including phenoxy) is 2. The van der Waals surface area contributed by atoms with Crippen LogP contribution in [0.25, 0.3) is 0 Å². The highest BCUT2D eigenvalue weighted by Crippen LogP contribution is 2.20. The van der Waals surface area contributed by atoms with Crippen LogP contribution in [-0.2, 0) is 9.47 Å². The SMILES string of the molecule is CC(C)(C)OCCC(C)(C)OCC1CCCNC1. The summed E-state index contributed by atoms with van der Waals surface area (Å²) in [5.41, 5.74) is -0.133. The number of piperidine rings is 1. The Kier molecular flexibility index (Phi) is 6.09. The van der Waals surface area contributed by atoms with E-state index in [4.69, 9.17) is 9.47 Å². The molecule has 0 aliphatic carbocycles. The van der Waals surface area contributed by atoms with Crippen molar-refractivity contribution in [1.29, 1.82) is 0 Å². The minimum Gasteiger partial charge on any atom is -0.376 e. The highest BCUT2D eigenvalue weighted by molar-refractivity contribution is 4.73. The van der Waals surface area contributed by atoms with Gasteiger partial charge in [0.05, 0.1) is 17.8 Å². The fraction of sp³-hybridized carbons (Fsp3) is 1.00. The third kappa shape index (κ3) is 7.34. The highest BCUT2D eigenvalue weighted by Gasteiger charge is 2.22. The van der Waals surface area contributed by atoms with Gasteiger partial charge in [-0.05, 0) is 66.3 Å². The summed E-state index contributed by atoms with van der Waals surface area (Å²) >= 11 is 0. The molecule has 1 aliphatic heterocycles. The van der Waals surface area contributed by atoms with Crippen LogP contribution in [0.4, 0.5) is 0 Å². The molecule has 1 fully saturated rings. The molecule has 0 amide bonds. The molecular formula is C15H31NO2. The Labute approximate surface area is 113 Å². The van der Waals surface area contributed by atoms with Crippen LogP contribution in [0.15, 0.2) is 0 Å². The zero-order chi connectivity index (χ0) is 13.6. The van der Waals surface area contributed by atoms with Gasteiger partial charge in [0.2, 0.25) is 0 Å². The standard InChI is InChI=1S/C15H31NO2/c1-14(2,3)17-10-8-15(4,5)18-12-13-7-6-9-16-11-13/h13,16H,6-12H2,1-5H3. The average Bonchev–Trinajstić information content (AvgIpc) is 2.26. The molecule has 108 valence electrons. The summed E-state index contributed by atoms with van der Waals surface area (Å²) in [5, 5.41) is 3.43. The first-order chi connectivity index (χ1) is 8.29. The van der Waals surface area contributed by atoms with Gasteiger partial charge in [0.25, 0.3) is 0 Å². The smallest absolute Gasteiger partial charge is 0.0648 e. The van der Waals surface area contributed by atoms with Crippen LogP contribution in [0.2, 0.25) is 0 Å². The fourth-order valence-corrected chi connectivity index (χ4v) is 2.08. The van der Waals surface area contributed by atoms with Crippen molar-refractivity contribution in [2.24, 2.45) is 5.92 Å². The summed E-state index contributed by atoms with van der Waals surface area (Å²) in [4.78, 5) is 0. The van der Waals surface area contributed by atoms with E-state index in [-0.39, 0.29) is 11.2 Å². The number of nitrogens with one attached hydrogen (secondary N) is 1. The van der Waals surface area contributed by atoms with Gasteiger partial charge in [-0.15, -0.1) is 0 Å². The van der Waals surface area contributed by atoms with Gasteiger partial charge in [-0.25, -0.2) is 0 Å². The van der Waals surface area contributed by atoms with Gasteiger partial charge in [0, 0.05) is 13.2 Å². The molecule has 1 rings (SSSR count). The lowest BCUT2D eigenvalue weighted by Crippen LogP contribution is -2.36. The summed E-state index contributed by atoms with van der Waals surface area (Å²) in [6.45, 7) is 14.5. The second kappa shape index (κ2) is 6.88. The second-order valence-corrected chi connectivity index (χ2v) is 6.99. The molecule has 0 aromatic carbocycles. The number of rotatable bonds is 6. The molecule has 0 spiro atoms. The average molecular weight is 257 g/mol. The Morgan fingerprint density at radius 1 is 1.11 bits per heavy atom. The molecule has 1 unspecified atom stereocenters. The molecule has 1 aliphatic rings. The maximum atomic E-state index is 6.06. The molecule has 0 bridgehead atoms. The van der Waals surface area contributed by atoms with Crippen molar-refractivity contribution in [2.45, 2.75) is 65.1 Å². The van der Waals surface area contributed by atoms with Crippen molar-refractivity contribution in [3.63, 3.8) is 0 Å². The summed E-state index contributed by atoms with van der Waals surface area (Å²) in [7, 11) is 0. The Bertz CT molecular complexity index is 227. The van der Waals surface area contributed by atoms with E-state index in [9.17, 15) is 0 Å². The van der Waals surface area contributed by atoms with Crippen LogP contribution < -0.4 is 5.32 Å². The number of hydrogen-bond donors (Lipinski definition) is 1. The lowest BCUT2D eigenvalue weighted by atomic mass is 9.99. The van der Waals surface area contributed by atoms with E-state index in [1.165, 1.54) is 19.4 Å². The molecular weight excluding hydrogens is 226 g/mol. The zero-order valence-electron chi connectivity index (χ0n) is 12.8. The van der Waals surface area contributed by atoms with Gasteiger partial charge < -0.3 is 14.8 Å². The van der Waals surface area contributed by atoms with E-state index in [0.29, 0.717) is 5.92 Å². The van der Waals surface area contributed by atoms with Gasteiger partial charge in [-0.2, -0.15) is 0 Å². The highest BCUT2D eigenvalue weighted by atomic mass is 16.5. The van der Waals surface area contributed by atoms with E-state index in [2.05, 4.69) is 39.9 Å². The Hall–Kier alpha value is -0.120. The minimum atomic E-state index is -0.0807. The van der Waals surface area contributed by atoms with Crippen LogP contribution in [0.5, 0.6) is 0 Å². The van der Waals surface area contributed by atoms with Crippen LogP contribution in [-0.4, -0.2) is 37.5 Å². The minimum absolute atomic E-state index is 0.0522. The maximum absolute atomic E-state index is 6.06. The van der Waals surface area contributed by atoms with E-state index >= 15 is 0 Å². The molecule has 1 atom stereocenters. The molecule has 0 aromatic rings. The van der Waals surface area contributed by atoms with Crippen LogP contribution in [0, 0.1) is 5.92 Å². The Morgan fingerprint density at radius 2 is 1.83 bits per heavy atom. The first-order valence-corrected chi connectivity index (χ1v) is 7.27.